The van der Waals surface area contributed by atoms with Gasteiger partial charge in [-0.15, -0.1) is 24.8 Å². The fourth-order valence-corrected chi connectivity index (χ4v) is 3.18. The number of morpholine rings is 1. The van der Waals surface area contributed by atoms with Crippen molar-refractivity contribution in [3.63, 3.8) is 0 Å². The van der Waals surface area contributed by atoms with Crippen LogP contribution in [0.1, 0.15) is 15.9 Å². The molecule has 0 spiro atoms. The summed E-state index contributed by atoms with van der Waals surface area (Å²) >= 11 is 6.08. The Kier molecular flexibility index (Phi) is 9.91. The standard InChI is InChI=1S/C19H22ClN3O2.2ClH/c20-18-10-15(21)6-7-17(18)19(24)22-11-16-13-23(8-9-25-16)12-14-4-2-1-3-5-14;;/h1-7,10,16H,8-9,11-13,21H2,(H,22,24);2*1H. The summed E-state index contributed by atoms with van der Waals surface area (Å²) in [5.41, 5.74) is 7.89. The Morgan fingerprint density at radius 3 is 2.67 bits per heavy atom. The van der Waals surface area contributed by atoms with Crippen LogP contribution in [0.25, 0.3) is 0 Å². The van der Waals surface area contributed by atoms with Crippen molar-refractivity contribution in [2.45, 2.75) is 12.6 Å². The third-order valence-corrected chi connectivity index (χ3v) is 4.51. The molecule has 1 amide bonds. The summed E-state index contributed by atoms with van der Waals surface area (Å²) < 4.78 is 5.77. The first-order valence-electron chi connectivity index (χ1n) is 8.33. The molecule has 27 heavy (non-hydrogen) atoms. The van der Waals surface area contributed by atoms with Crippen LogP contribution in [0.5, 0.6) is 0 Å². The van der Waals surface area contributed by atoms with Gasteiger partial charge in [-0.2, -0.15) is 0 Å². The second-order valence-corrected chi connectivity index (χ2v) is 6.57. The van der Waals surface area contributed by atoms with Gasteiger partial charge < -0.3 is 15.8 Å². The summed E-state index contributed by atoms with van der Waals surface area (Å²) in [5, 5.41) is 3.25. The molecule has 1 aliphatic rings. The predicted octanol–water partition coefficient (Wildman–Crippen LogP) is 3.40. The maximum Gasteiger partial charge on any atom is 0.252 e. The van der Waals surface area contributed by atoms with Crippen molar-refractivity contribution in [2.75, 3.05) is 32.0 Å². The minimum absolute atomic E-state index is 0. The summed E-state index contributed by atoms with van der Waals surface area (Å²) in [7, 11) is 0. The number of nitrogen functional groups attached to an aromatic ring is 1. The van der Waals surface area contributed by atoms with Gasteiger partial charge >= 0.3 is 0 Å². The number of nitrogens with two attached hydrogens (primary N) is 1. The molecule has 1 atom stereocenters. The van der Waals surface area contributed by atoms with Crippen LogP contribution in [-0.2, 0) is 11.3 Å². The second-order valence-electron chi connectivity index (χ2n) is 6.16. The zero-order valence-corrected chi connectivity index (χ0v) is 17.2. The lowest BCUT2D eigenvalue weighted by Gasteiger charge is -2.33. The number of hydrogen-bond donors (Lipinski definition) is 2. The lowest BCUT2D eigenvalue weighted by atomic mass is 10.1. The van der Waals surface area contributed by atoms with Crippen molar-refractivity contribution < 1.29 is 9.53 Å². The number of nitrogens with zero attached hydrogens (tertiary/aromatic N) is 1. The molecule has 148 valence electrons. The Labute approximate surface area is 177 Å². The van der Waals surface area contributed by atoms with E-state index in [0.29, 0.717) is 29.4 Å². The van der Waals surface area contributed by atoms with Gasteiger partial charge in [-0.25, -0.2) is 0 Å². The summed E-state index contributed by atoms with van der Waals surface area (Å²) in [4.78, 5) is 14.6. The van der Waals surface area contributed by atoms with E-state index in [-0.39, 0.29) is 36.8 Å². The average molecular weight is 433 g/mol. The predicted molar refractivity (Wildman–Crippen MR) is 114 cm³/mol. The zero-order valence-electron chi connectivity index (χ0n) is 14.8. The molecule has 1 saturated heterocycles. The number of ether oxygens (including phenoxy) is 1. The van der Waals surface area contributed by atoms with Crippen molar-refractivity contribution in [3.05, 3.63) is 64.7 Å². The Hall–Kier alpha value is -1.50. The van der Waals surface area contributed by atoms with E-state index in [1.54, 1.807) is 18.2 Å². The van der Waals surface area contributed by atoms with Gasteiger partial charge in [0.25, 0.3) is 5.91 Å². The first-order chi connectivity index (χ1) is 12.1. The molecule has 8 heteroatoms. The highest BCUT2D eigenvalue weighted by Crippen LogP contribution is 2.19. The van der Waals surface area contributed by atoms with Crippen LogP contribution in [0.15, 0.2) is 48.5 Å². The molecule has 0 aliphatic carbocycles. The van der Waals surface area contributed by atoms with E-state index in [1.165, 1.54) is 5.56 Å². The molecule has 0 saturated carbocycles. The molecule has 2 aromatic rings. The van der Waals surface area contributed by atoms with Crippen LogP contribution < -0.4 is 11.1 Å². The largest absolute Gasteiger partial charge is 0.399 e. The monoisotopic (exact) mass is 431 g/mol. The van der Waals surface area contributed by atoms with Gasteiger partial charge in [-0.05, 0) is 23.8 Å². The van der Waals surface area contributed by atoms with Gasteiger partial charge in [0.05, 0.1) is 23.3 Å². The number of rotatable bonds is 5. The number of benzene rings is 2. The molecule has 3 N–H and O–H groups in total. The molecule has 1 unspecified atom stereocenters. The molecule has 1 fully saturated rings. The molecule has 3 rings (SSSR count). The summed E-state index contributed by atoms with van der Waals surface area (Å²) in [5.74, 6) is -0.214. The molecule has 0 bridgehead atoms. The van der Waals surface area contributed by atoms with E-state index in [1.807, 2.05) is 18.2 Å². The molecule has 5 nitrogen and oxygen atoms in total. The first-order valence-corrected chi connectivity index (χ1v) is 8.71. The maximum atomic E-state index is 12.3. The molecular formula is C19H24Cl3N3O2. The van der Waals surface area contributed by atoms with E-state index in [4.69, 9.17) is 22.1 Å². The van der Waals surface area contributed by atoms with Gasteiger partial charge in [-0.1, -0.05) is 41.9 Å². The van der Waals surface area contributed by atoms with Gasteiger partial charge in [0.2, 0.25) is 0 Å². The minimum Gasteiger partial charge on any atom is -0.399 e. The van der Waals surface area contributed by atoms with Gasteiger partial charge in [0, 0.05) is 31.9 Å². The van der Waals surface area contributed by atoms with Crippen molar-refractivity contribution in [3.8, 4) is 0 Å². The number of nitrogens with one attached hydrogen (secondary N) is 1. The van der Waals surface area contributed by atoms with Gasteiger partial charge in [0.1, 0.15) is 0 Å². The highest BCUT2D eigenvalue weighted by atomic mass is 35.5. The Morgan fingerprint density at radius 2 is 1.96 bits per heavy atom. The molecule has 1 heterocycles. The number of carbonyl (C=O) groups excluding carboxylic acids is 1. The highest BCUT2D eigenvalue weighted by molar-refractivity contribution is 6.34. The van der Waals surface area contributed by atoms with E-state index < -0.39 is 0 Å². The fourth-order valence-electron chi connectivity index (χ4n) is 2.91. The Balaban J connectivity index is 0.00000182. The van der Waals surface area contributed by atoms with Crippen LogP contribution in [-0.4, -0.2) is 43.2 Å². The molecule has 2 aromatic carbocycles. The zero-order chi connectivity index (χ0) is 17.6. The van der Waals surface area contributed by atoms with E-state index >= 15 is 0 Å². The molecule has 0 radical (unpaired) electrons. The van der Waals surface area contributed by atoms with Crippen LogP contribution in [0, 0.1) is 0 Å². The summed E-state index contributed by atoms with van der Waals surface area (Å²) in [6.07, 6.45) is -0.0334. The van der Waals surface area contributed by atoms with Crippen LogP contribution >= 0.6 is 36.4 Å². The van der Waals surface area contributed by atoms with Crippen molar-refractivity contribution >= 4 is 48.0 Å². The number of carbonyl (C=O) groups is 1. The number of amides is 1. The number of anilines is 1. The summed E-state index contributed by atoms with van der Waals surface area (Å²) in [6, 6.07) is 15.2. The minimum atomic E-state index is -0.214. The van der Waals surface area contributed by atoms with Crippen molar-refractivity contribution in [1.82, 2.24) is 10.2 Å². The van der Waals surface area contributed by atoms with E-state index in [2.05, 4.69) is 22.3 Å². The molecule has 0 aromatic heterocycles. The molecular weight excluding hydrogens is 409 g/mol. The number of hydrogen-bond acceptors (Lipinski definition) is 4. The van der Waals surface area contributed by atoms with Crippen LogP contribution in [0.4, 0.5) is 5.69 Å². The second kappa shape index (κ2) is 11.4. The van der Waals surface area contributed by atoms with E-state index in [0.717, 1.165) is 19.6 Å². The Bertz CT molecular complexity index is 731. The fraction of sp³-hybridized carbons (Fsp3) is 0.316. The van der Waals surface area contributed by atoms with Crippen molar-refractivity contribution in [2.24, 2.45) is 0 Å². The highest BCUT2D eigenvalue weighted by Gasteiger charge is 2.21. The van der Waals surface area contributed by atoms with Crippen LogP contribution in [0.3, 0.4) is 0 Å². The maximum absolute atomic E-state index is 12.3. The lowest BCUT2D eigenvalue weighted by Crippen LogP contribution is -2.47. The Morgan fingerprint density at radius 1 is 1.22 bits per heavy atom. The topological polar surface area (TPSA) is 67.6 Å². The SMILES string of the molecule is Cl.Cl.Nc1ccc(C(=O)NCC2CN(Cc3ccccc3)CCO2)c(Cl)c1. The summed E-state index contributed by atoms with van der Waals surface area (Å²) in [6.45, 7) is 3.67. The first kappa shape index (κ1) is 23.5. The molecule has 1 aliphatic heterocycles. The quantitative estimate of drug-likeness (QED) is 0.711. The van der Waals surface area contributed by atoms with Crippen molar-refractivity contribution in [1.29, 1.82) is 0 Å². The average Bonchev–Trinajstić information content (AvgIpc) is 2.61. The lowest BCUT2D eigenvalue weighted by molar-refractivity contribution is -0.0292. The van der Waals surface area contributed by atoms with E-state index in [9.17, 15) is 4.79 Å². The normalized spacial score (nSPS) is 16.7. The third-order valence-electron chi connectivity index (χ3n) is 4.20. The van der Waals surface area contributed by atoms with Crippen LogP contribution in [0.2, 0.25) is 5.02 Å². The van der Waals surface area contributed by atoms with Gasteiger partial charge in [-0.3, -0.25) is 9.69 Å². The third kappa shape index (κ3) is 6.87. The van der Waals surface area contributed by atoms with Gasteiger partial charge in [0.15, 0.2) is 0 Å². The number of halogens is 3. The smallest absolute Gasteiger partial charge is 0.252 e.